The summed E-state index contributed by atoms with van der Waals surface area (Å²) in [4.78, 5) is 12.6. The van der Waals surface area contributed by atoms with Crippen molar-refractivity contribution < 1.29 is 9.18 Å². The van der Waals surface area contributed by atoms with Gasteiger partial charge in [0, 0.05) is 20.0 Å². The number of ketones is 1. The highest BCUT2D eigenvalue weighted by Gasteiger charge is 2.05. The van der Waals surface area contributed by atoms with Gasteiger partial charge in [-0.3, -0.25) is 0 Å². The Labute approximate surface area is 96.1 Å². The number of halogens is 1. The Kier molecular flexibility index (Phi) is 4.96. The molecule has 0 saturated carbocycles. The van der Waals surface area contributed by atoms with Crippen LogP contribution in [0.15, 0.2) is 24.3 Å². The van der Waals surface area contributed by atoms with Gasteiger partial charge in [0.05, 0.1) is 5.69 Å². The predicted octanol–water partition coefficient (Wildman–Crippen LogP) is 3.02. The van der Waals surface area contributed by atoms with Crippen molar-refractivity contribution in [2.45, 2.75) is 26.2 Å². The molecule has 88 valence electrons. The minimum atomic E-state index is -0.198. The fraction of sp³-hybridized carbons (Fsp3) is 0.462. The molecule has 0 saturated heterocycles. The molecular formula is C13H18FNO. The van der Waals surface area contributed by atoms with E-state index in [2.05, 4.69) is 0 Å². The van der Waals surface area contributed by atoms with Crippen molar-refractivity contribution >= 4 is 11.5 Å². The van der Waals surface area contributed by atoms with Crippen LogP contribution in [0, 0.1) is 5.82 Å². The zero-order valence-electron chi connectivity index (χ0n) is 9.87. The number of hydrogen-bond acceptors (Lipinski definition) is 2. The van der Waals surface area contributed by atoms with Crippen LogP contribution in [0.1, 0.15) is 26.2 Å². The summed E-state index contributed by atoms with van der Waals surface area (Å²) in [6.45, 7) is 2.37. The number of benzene rings is 1. The van der Waals surface area contributed by atoms with Crippen molar-refractivity contribution in [3.63, 3.8) is 0 Å². The maximum atomic E-state index is 13.4. The van der Waals surface area contributed by atoms with Gasteiger partial charge >= 0.3 is 0 Å². The highest BCUT2D eigenvalue weighted by molar-refractivity contribution is 5.75. The number of para-hydroxylation sites is 1. The van der Waals surface area contributed by atoms with Crippen LogP contribution in [-0.4, -0.2) is 19.4 Å². The lowest BCUT2D eigenvalue weighted by Crippen LogP contribution is -2.19. The Morgan fingerprint density at radius 3 is 2.62 bits per heavy atom. The number of Topliss-reactive ketones (excluding diaryl/α,β-unsaturated/α-hetero) is 1. The molecule has 3 heteroatoms. The first-order valence-electron chi connectivity index (χ1n) is 5.56. The summed E-state index contributed by atoms with van der Waals surface area (Å²) in [5.74, 6) is 0.0186. The molecule has 0 aliphatic carbocycles. The largest absolute Gasteiger partial charge is 0.372 e. The first-order valence-corrected chi connectivity index (χ1v) is 5.56. The van der Waals surface area contributed by atoms with Crippen LogP contribution in [0.25, 0.3) is 0 Å². The second-order valence-electron chi connectivity index (χ2n) is 4.03. The Morgan fingerprint density at radius 2 is 2.00 bits per heavy atom. The van der Waals surface area contributed by atoms with E-state index in [0.29, 0.717) is 12.1 Å². The molecular weight excluding hydrogens is 205 g/mol. The van der Waals surface area contributed by atoms with Crippen molar-refractivity contribution in [2.75, 3.05) is 18.5 Å². The zero-order valence-corrected chi connectivity index (χ0v) is 9.87. The van der Waals surface area contributed by atoms with Crippen molar-refractivity contribution in [2.24, 2.45) is 0 Å². The number of hydrogen-bond donors (Lipinski definition) is 0. The third kappa shape index (κ3) is 4.01. The van der Waals surface area contributed by atoms with Gasteiger partial charge in [0.1, 0.15) is 11.6 Å². The predicted molar refractivity (Wildman–Crippen MR) is 64.2 cm³/mol. The molecule has 0 fully saturated rings. The van der Waals surface area contributed by atoms with Crippen molar-refractivity contribution in [1.82, 2.24) is 0 Å². The first kappa shape index (κ1) is 12.7. The molecule has 1 aromatic carbocycles. The second-order valence-corrected chi connectivity index (χ2v) is 4.03. The quantitative estimate of drug-likeness (QED) is 0.691. The summed E-state index contributed by atoms with van der Waals surface area (Å²) in [5.41, 5.74) is 0.616. The van der Waals surface area contributed by atoms with Crippen molar-refractivity contribution in [3.05, 3.63) is 30.1 Å². The monoisotopic (exact) mass is 223 g/mol. The molecule has 0 atom stereocenters. The minimum Gasteiger partial charge on any atom is -0.372 e. The highest BCUT2D eigenvalue weighted by Crippen LogP contribution is 2.17. The maximum Gasteiger partial charge on any atom is 0.146 e. The lowest BCUT2D eigenvalue weighted by molar-refractivity contribution is -0.117. The van der Waals surface area contributed by atoms with Gasteiger partial charge in [-0.25, -0.2) is 4.39 Å². The molecule has 0 amide bonds. The van der Waals surface area contributed by atoms with Crippen LogP contribution in [-0.2, 0) is 4.79 Å². The highest BCUT2D eigenvalue weighted by atomic mass is 19.1. The van der Waals surface area contributed by atoms with Gasteiger partial charge in [0.25, 0.3) is 0 Å². The third-order valence-electron chi connectivity index (χ3n) is 2.54. The summed E-state index contributed by atoms with van der Waals surface area (Å²) < 4.78 is 13.4. The molecule has 0 radical (unpaired) electrons. The van der Waals surface area contributed by atoms with Crippen molar-refractivity contribution in [1.29, 1.82) is 0 Å². The number of anilines is 1. The van der Waals surface area contributed by atoms with Crippen LogP contribution in [0.3, 0.4) is 0 Å². The Balaban J connectivity index is 2.38. The van der Waals surface area contributed by atoms with E-state index in [-0.39, 0.29) is 11.6 Å². The molecule has 2 nitrogen and oxygen atoms in total. The Bertz CT molecular complexity index is 352. The molecule has 0 bridgehead atoms. The van der Waals surface area contributed by atoms with E-state index in [1.54, 1.807) is 19.1 Å². The van der Waals surface area contributed by atoms with Crippen LogP contribution in [0.4, 0.5) is 10.1 Å². The molecule has 0 spiro atoms. The average molecular weight is 223 g/mol. The number of carbonyl (C=O) groups excluding carboxylic acids is 1. The van der Waals surface area contributed by atoms with Crippen LogP contribution in [0.2, 0.25) is 0 Å². The van der Waals surface area contributed by atoms with Gasteiger partial charge in [0.15, 0.2) is 0 Å². The van der Waals surface area contributed by atoms with E-state index in [9.17, 15) is 9.18 Å². The summed E-state index contributed by atoms with van der Waals surface area (Å²) in [6, 6.07) is 6.73. The third-order valence-corrected chi connectivity index (χ3v) is 2.54. The molecule has 1 rings (SSSR count). The SMILES string of the molecule is CC(=O)CCCCN(C)c1ccccc1F. The summed E-state index contributed by atoms with van der Waals surface area (Å²) >= 11 is 0. The summed E-state index contributed by atoms with van der Waals surface area (Å²) in [5, 5.41) is 0. The minimum absolute atomic E-state index is 0.198. The van der Waals surface area contributed by atoms with E-state index in [1.165, 1.54) is 6.07 Å². The molecule has 0 unspecified atom stereocenters. The molecule has 0 heterocycles. The normalized spacial score (nSPS) is 10.2. The maximum absolute atomic E-state index is 13.4. The average Bonchev–Trinajstić information content (AvgIpc) is 2.24. The number of carbonyl (C=O) groups is 1. The van der Waals surface area contributed by atoms with E-state index >= 15 is 0 Å². The lowest BCUT2D eigenvalue weighted by atomic mass is 10.2. The first-order chi connectivity index (χ1) is 7.61. The second kappa shape index (κ2) is 6.26. The van der Waals surface area contributed by atoms with Gasteiger partial charge in [-0.1, -0.05) is 12.1 Å². The van der Waals surface area contributed by atoms with Gasteiger partial charge in [-0.2, -0.15) is 0 Å². The summed E-state index contributed by atoms with van der Waals surface area (Å²) in [7, 11) is 1.87. The van der Waals surface area contributed by atoms with Crippen molar-refractivity contribution in [3.8, 4) is 0 Å². The number of unbranched alkanes of at least 4 members (excludes halogenated alkanes) is 1. The Morgan fingerprint density at radius 1 is 1.31 bits per heavy atom. The van der Waals surface area contributed by atoms with E-state index < -0.39 is 0 Å². The Hall–Kier alpha value is -1.38. The standard InChI is InChI=1S/C13H18FNO/c1-11(16)7-5-6-10-15(2)13-9-4-3-8-12(13)14/h3-4,8-9H,5-7,10H2,1-2H3. The lowest BCUT2D eigenvalue weighted by Gasteiger charge is -2.19. The van der Waals surface area contributed by atoms with Gasteiger partial charge in [0.2, 0.25) is 0 Å². The van der Waals surface area contributed by atoms with Gasteiger partial charge in [-0.15, -0.1) is 0 Å². The molecule has 0 aromatic heterocycles. The molecule has 0 aliphatic rings. The van der Waals surface area contributed by atoms with E-state index in [1.807, 2.05) is 18.0 Å². The van der Waals surface area contributed by atoms with Crippen LogP contribution < -0.4 is 4.90 Å². The van der Waals surface area contributed by atoms with E-state index in [4.69, 9.17) is 0 Å². The molecule has 0 N–H and O–H groups in total. The zero-order chi connectivity index (χ0) is 12.0. The molecule has 0 aliphatic heterocycles. The fourth-order valence-electron chi connectivity index (χ4n) is 1.60. The topological polar surface area (TPSA) is 20.3 Å². The molecule has 1 aromatic rings. The van der Waals surface area contributed by atoms with Crippen LogP contribution >= 0.6 is 0 Å². The van der Waals surface area contributed by atoms with Gasteiger partial charge < -0.3 is 9.69 Å². The van der Waals surface area contributed by atoms with Gasteiger partial charge in [-0.05, 0) is 31.9 Å². The fourth-order valence-corrected chi connectivity index (χ4v) is 1.60. The van der Waals surface area contributed by atoms with Crippen LogP contribution in [0.5, 0.6) is 0 Å². The number of nitrogens with zero attached hydrogens (tertiary/aromatic N) is 1. The summed E-state index contributed by atoms with van der Waals surface area (Å²) in [6.07, 6.45) is 2.39. The number of rotatable bonds is 6. The van der Waals surface area contributed by atoms with E-state index in [0.717, 1.165) is 19.4 Å². The molecule has 16 heavy (non-hydrogen) atoms. The smallest absolute Gasteiger partial charge is 0.146 e.